The Hall–Kier alpha value is -0.830. The molecule has 1 rings (SSSR count). The second-order valence-corrected chi connectivity index (χ2v) is 8.17. The van der Waals surface area contributed by atoms with Gasteiger partial charge in [0.05, 0.1) is 5.00 Å². The number of carbonyl (C=O) groups excluding carboxylic acids is 1. The molecule has 0 aromatic carbocycles. The van der Waals surface area contributed by atoms with Gasteiger partial charge in [0.2, 0.25) is 5.91 Å². The zero-order valence-corrected chi connectivity index (χ0v) is 17.2. The first-order valence-corrected chi connectivity index (χ1v) is 11.5. The van der Waals surface area contributed by atoms with Crippen LogP contribution in [-0.2, 0) is 4.79 Å². The number of unbranched alkanes of at least 4 members (excludes halogenated alkanes) is 14. The van der Waals surface area contributed by atoms with Crippen LogP contribution in [0.2, 0.25) is 0 Å². The molecule has 0 aliphatic carbocycles. The molecule has 1 N–H and O–H groups in total. The lowest BCUT2D eigenvalue weighted by molar-refractivity contribution is -0.116. The molecular formula is C22H39NOS. The van der Waals surface area contributed by atoms with Gasteiger partial charge in [0, 0.05) is 6.42 Å². The number of hydrogen-bond donors (Lipinski definition) is 1. The molecule has 0 fully saturated rings. The number of thiophene rings is 1. The summed E-state index contributed by atoms with van der Waals surface area (Å²) in [5, 5.41) is 5.90. The van der Waals surface area contributed by atoms with Crippen LogP contribution in [0.5, 0.6) is 0 Å². The fraction of sp³-hybridized carbons (Fsp3) is 0.773. The Labute approximate surface area is 159 Å². The van der Waals surface area contributed by atoms with Crippen molar-refractivity contribution in [3.05, 3.63) is 17.5 Å². The van der Waals surface area contributed by atoms with E-state index in [-0.39, 0.29) is 5.91 Å². The van der Waals surface area contributed by atoms with Crippen LogP contribution in [0, 0.1) is 0 Å². The molecule has 0 saturated heterocycles. The Bertz CT molecular complexity index is 402. The van der Waals surface area contributed by atoms with Gasteiger partial charge in [0.1, 0.15) is 0 Å². The zero-order chi connectivity index (χ0) is 18.0. The minimum absolute atomic E-state index is 0.164. The molecule has 3 heteroatoms. The maximum Gasteiger partial charge on any atom is 0.224 e. The van der Waals surface area contributed by atoms with E-state index < -0.39 is 0 Å². The van der Waals surface area contributed by atoms with Crippen molar-refractivity contribution < 1.29 is 4.79 Å². The van der Waals surface area contributed by atoms with Crippen molar-refractivity contribution in [3.8, 4) is 0 Å². The Kier molecular flexibility index (Phi) is 14.8. The van der Waals surface area contributed by atoms with Crippen molar-refractivity contribution >= 4 is 22.2 Å². The van der Waals surface area contributed by atoms with E-state index in [1.165, 1.54) is 89.9 Å². The summed E-state index contributed by atoms with van der Waals surface area (Å²) in [6, 6.07) is 3.92. The van der Waals surface area contributed by atoms with Crippen LogP contribution < -0.4 is 5.32 Å². The Morgan fingerprint density at radius 3 is 1.72 bits per heavy atom. The predicted octanol–water partition coefficient (Wildman–Crippen LogP) is 7.95. The molecule has 0 spiro atoms. The van der Waals surface area contributed by atoms with Gasteiger partial charge in [-0.05, 0) is 23.9 Å². The van der Waals surface area contributed by atoms with Gasteiger partial charge in [-0.1, -0.05) is 96.8 Å². The van der Waals surface area contributed by atoms with E-state index in [0.29, 0.717) is 6.42 Å². The fourth-order valence-electron chi connectivity index (χ4n) is 3.21. The van der Waals surface area contributed by atoms with Crippen molar-refractivity contribution in [2.24, 2.45) is 0 Å². The molecule has 0 aliphatic rings. The second kappa shape index (κ2) is 16.6. The molecule has 1 amide bonds. The number of hydrogen-bond acceptors (Lipinski definition) is 2. The van der Waals surface area contributed by atoms with Crippen molar-refractivity contribution in [1.82, 2.24) is 0 Å². The summed E-state index contributed by atoms with van der Waals surface area (Å²) < 4.78 is 0. The molecule has 1 aromatic heterocycles. The maximum absolute atomic E-state index is 11.7. The van der Waals surface area contributed by atoms with Crippen LogP contribution in [0.25, 0.3) is 0 Å². The van der Waals surface area contributed by atoms with E-state index >= 15 is 0 Å². The minimum Gasteiger partial charge on any atom is -0.318 e. The van der Waals surface area contributed by atoms with E-state index in [2.05, 4.69) is 12.2 Å². The predicted molar refractivity (Wildman–Crippen MR) is 112 cm³/mol. The van der Waals surface area contributed by atoms with Gasteiger partial charge in [-0.15, -0.1) is 11.3 Å². The SMILES string of the molecule is CCCCCCCCCCCCCCCCCC(=O)Nc1cccs1. The lowest BCUT2D eigenvalue weighted by Crippen LogP contribution is -2.09. The number of amides is 1. The summed E-state index contributed by atoms with van der Waals surface area (Å²) in [7, 11) is 0. The van der Waals surface area contributed by atoms with Gasteiger partial charge in [0.25, 0.3) is 0 Å². The van der Waals surface area contributed by atoms with Crippen LogP contribution >= 0.6 is 11.3 Å². The third-order valence-electron chi connectivity index (χ3n) is 4.79. The highest BCUT2D eigenvalue weighted by atomic mass is 32.1. The van der Waals surface area contributed by atoms with E-state index in [4.69, 9.17) is 0 Å². The monoisotopic (exact) mass is 365 g/mol. The average molecular weight is 366 g/mol. The van der Waals surface area contributed by atoms with Crippen LogP contribution in [0.1, 0.15) is 110 Å². The number of nitrogens with one attached hydrogen (secondary N) is 1. The molecule has 0 atom stereocenters. The van der Waals surface area contributed by atoms with Gasteiger partial charge >= 0.3 is 0 Å². The Balaban J connectivity index is 1.74. The largest absolute Gasteiger partial charge is 0.318 e. The van der Waals surface area contributed by atoms with E-state index in [1.807, 2.05) is 17.5 Å². The van der Waals surface area contributed by atoms with Gasteiger partial charge < -0.3 is 5.32 Å². The standard InChI is InChI=1S/C22H39NOS/c1-2-3-4-5-6-7-8-9-10-11-12-13-14-15-16-18-21(24)23-22-19-17-20-25-22/h17,19-20H,2-16,18H2,1H3,(H,23,24). The summed E-state index contributed by atoms with van der Waals surface area (Å²) in [6.07, 6.45) is 21.1. The fourth-order valence-corrected chi connectivity index (χ4v) is 3.84. The summed E-state index contributed by atoms with van der Waals surface area (Å²) in [4.78, 5) is 11.7. The molecule has 0 unspecified atom stereocenters. The van der Waals surface area contributed by atoms with Crippen molar-refractivity contribution in [1.29, 1.82) is 0 Å². The lowest BCUT2D eigenvalue weighted by atomic mass is 10.0. The maximum atomic E-state index is 11.7. The normalized spacial score (nSPS) is 10.9. The Morgan fingerprint density at radius 2 is 1.28 bits per heavy atom. The first-order valence-electron chi connectivity index (χ1n) is 10.7. The first-order chi connectivity index (χ1) is 12.3. The number of anilines is 1. The van der Waals surface area contributed by atoms with Gasteiger partial charge in [0.15, 0.2) is 0 Å². The molecule has 0 bridgehead atoms. The van der Waals surface area contributed by atoms with Crippen LogP contribution in [0.4, 0.5) is 5.00 Å². The quantitative estimate of drug-likeness (QED) is 0.279. The smallest absolute Gasteiger partial charge is 0.224 e. The third kappa shape index (κ3) is 14.1. The molecule has 1 heterocycles. The van der Waals surface area contributed by atoms with Crippen molar-refractivity contribution in [2.45, 2.75) is 110 Å². The highest BCUT2D eigenvalue weighted by Gasteiger charge is 2.02. The van der Waals surface area contributed by atoms with Gasteiger partial charge in [-0.2, -0.15) is 0 Å². The van der Waals surface area contributed by atoms with Crippen molar-refractivity contribution in [3.63, 3.8) is 0 Å². The van der Waals surface area contributed by atoms with E-state index in [1.54, 1.807) is 11.3 Å². The molecule has 2 nitrogen and oxygen atoms in total. The van der Waals surface area contributed by atoms with Gasteiger partial charge in [-0.3, -0.25) is 4.79 Å². The third-order valence-corrected chi connectivity index (χ3v) is 5.58. The summed E-state index contributed by atoms with van der Waals surface area (Å²) in [5.41, 5.74) is 0. The highest BCUT2D eigenvalue weighted by molar-refractivity contribution is 7.14. The molecule has 25 heavy (non-hydrogen) atoms. The molecular weight excluding hydrogens is 326 g/mol. The molecule has 1 aromatic rings. The highest BCUT2D eigenvalue weighted by Crippen LogP contribution is 2.16. The summed E-state index contributed by atoms with van der Waals surface area (Å²) >= 11 is 1.58. The van der Waals surface area contributed by atoms with Crippen LogP contribution in [0.3, 0.4) is 0 Å². The van der Waals surface area contributed by atoms with Gasteiger partial charge in [-0.25, -0.2) is 0 Å². The van der Waals surface area contributed by atoms with Crippen LogP contribution in [0.15, 0.2) is 17.5 Å². The summed E-state index contributed by atoms with van der Waals surface area (Å²) in [5.74, 6) is 0.164. The van der Waals surface area contributed by atoms with Crippen LogP contribution in [-0.4, -0.2) is 5.91 Å². The molecule has 0 saturated carbocycles. The zero-order valence-electron chi connectivity index (χ0n) is 16.4. The Morgan fingerprint density at radius 1 is 0.800 bits per heavy atom. The summed E-state index contributed by atoms with van der Waals surface area (Å²) in [6.45, 7) is 2.28. The molecule has 0 radical (unpaired) electrons. The lowest BCUT2D eigenvalue weighted by Gasteiger charge is -2.04. The molecule has 0 aliphatic heterocycles. The number of rotatable bonds is 17. The van der Waals surface area contributed by atoms with E-state index in [0.717, 1.165) is 11.4 Å². The van der Waals surface area contributed by atoms with Crippen molar-refractivity contribution in [2.75, 3.05) is 5.32 Å². The second-order valence-electron chi connectivity index (χ2n) is 7.23. The first kappa shape index (κ1) is 22.2. The van der Waals surface area contributed by atoms with E-state index in [9.17, 15) is 4.79 Å². The number of carbonyl (C=O) groups is 1. The average Bonchev–Trinajstić information content (AvgIpc) is 3.11. The topological polar surface area (TPSA) is 29.1 Å². The minimum atomic E-state index is 0.164. The molecule has 144 valence electrons.